The molecule has 0 radical (unpaired) electrons. The molecule has 1 aromatic rings. The van der Waals surface area contributed by atoms with Gasteiger partial charge >= 0.3 is 0 Å². The lowest BCUT2D eigenvalue weighted by Crippen LogP contribution is -2.23. The molecule has 0 aliphatic rings. The van der Waals surface area contributed by atoms with E-state index in [1.807, 2.05) is 0 Å². The van der Waals surface area contributed by atoms with Crippen LogP contribution in [0.25, 0.3) is 10.4 Å². The summed E-state index contributed by atoms with van der Waals surface area (Å²) in [7, 11) is 0. The number of halogens is 3. The fraction of sp³-hybridized carbons (Fsp3) is 0.333. The molecule has 2 unspecified atom stereocenters. The summed E-state index contributed by atoms with van der Waals surface area (Å²) in [5.74, 6) is -4.13. The molecule has 92 valence electrons. The molecule has 0 bridgehead atoms. The molecule has 8 heteroatoms. The Balaban J connectivity index is 3.06. The SMILES string of the molecule is [N-]=[N+]=NCC(O)C(O)c1c(F)ccc(F)c1F. The maximum atomic E-state index is 13.2. The number of aliphatic hydroxyl groups excluding tert-OH is 2. The Morgan fingerprint density at radius 3 is 2.41 bits per heavy atom. The molecule has 1 rings (SSSR count). The average molecular weight is 247 g/mol. The molecular formula is C9H8F3N3O2. The van der Waals surface area contributed by atoms with Crippen LogP contribution in [0.1, 0.15) is 11.7 Å². The van der Waals surface area contributed by atoms with Gasteiger partial charge in [0.05, 0.1) is 18.2 Å². The molecule has 0 saturated carbocycles. The van der Waals surface area contributed by atoms with E-state index in [4.69, 9.17) is 5.53 Å². The summed E-state index contributed by atoms with van der Waals surface area (Å²) >= 11 is 0. The summed E-state index contributed by atoms with van der Waals surface area (Å²) in [5.41, 5.74) is 6.98. The van der Waals surface area contributed by atoms with E-state index < -0.39 is 41.8 Å². The maximum Gasteiger partial charge on any atom is 0.167 e. The summed E-state index contributed by atoms with van der Waals surface area (Å²) in [6.07, 6.45) is -3.74. The summed E-state index contributed by atoms with van der Waals surface area (Å²) in [4.78, 5) is 2.31. The van der Waals surface area contributed by atoms with Crippen LogP contribution < -0.4 is 0 Å². The van der Waals surface area contributed by atoms with Gasteiger partial charge in [-0.15, -0.1) is 0 Å². The molecule has 0 heterocycles. The van der Waals surface area contributed by atoms with Crippen LogP contribution in [-0.4, -0.2) is 22.9 Å². The van der Waals surface area contributed by atoms with Crippen molar-refractivity contribution in [2.45, 2.75) is 12.2 Å². The molecule has 17 heavy (non-hydrogen) atoms. The number of hydrogen-bond donors (Lipinski definition) is 2. The molecule has 2 N–H and O–H groups in total. The minimum absolute atomic E-state index is 0.556. The normalized spacial score (nSPS) is 13.9. The van der Waals surface area contributed by atoms with Gasteiger partial charge < -0.3 is 10.2 Å². The Morgan fingerprint density at radius 2 is 1.82 bits per heavy atom. The number of aliphatic hydroxyl groups is 2. The second kappa shape index (κ2) is 5.53. The van der Waals surface area contributed by atoms with Gasteiger partial charge in [-0.1, -0.05) is 5.11 Å². The molecule has 0 amide bonds. The van der Waals surface area contributed by atoms with Gasteiger partial charge in [0.25, 0.3) is 0 Å². The highest BCUT2D eigenvalue weighted by molar-refractivity contribution is 5.24. The zero-order valence-corrected chi connectivity index (χ0v) is 8.39. The topological polar surface area (TPSA) is 89.2 Å². The van der Waals surface area contributed by atoms with Crippen molar-refractivity contribution in [3.05, 3.63) is 45.6 Å². The molecule has 5 nitrogen and oxygen atoms in total. The zero-order valence-electron chi connectivity index (χ0n) is 8.39. The number of nitrogens with zero attached hydrogens (tertiary/aromatic N) is 3. The van der Waals surface area contributed by atoms with Crippen molar-refractivity contribution >= 4 is 0 Å². The predicted octanol–water partition coefficient (Wildman–Crippen LogP) is 1.81. The van der Waals surface area contributed by atoms with Gasteiger partial charge in [-0.3, -0.25) is 0 Å². The van der Waals surface area contributed by atoms with E-state index in [9.17, 15) is 23.4 Å². The summed E-state index contributed by atoms with van der Waals surface area (Å²) in [5, 5.41) is 21.6. The Morgan fingerprint density at radius 1 is 1.24 bits per heavy atom. The Labute approximate surface area is 93.7 Å². The van der Waals surface area contributed by atoms with Crippen molar-refractivity contribution in [3.8, 4) is 0 Å². The van der Waals surface area contributed by atoms with Crippen molar-refractivity contribution in [1.29, 1.82) is 0 Å². The van der Waals surface area contributed by atoms with Gasteiger partial charge in [0.1, 0.15) is 11.9 Å². The smallest absolute Gasteiger partial charge is 0.167 e. The first-order valence-corrected chi connectivity index (χ1v) is 4.49. The van der Waals surface area contributed by atoms with Crippen LogP contribution in [0.15, 0.2) is 17.2 Å². The van der Waals surface area contributed by atoms with Crippen LogP contribution >= 0.6 is 0 Å². The molecule has 0 aromatic heterocycles. The highest BCUT2D eigenvalue weighted by Crippen LogP contribution is 2.25. The molecule has 2 atom stereocenters. The van der Waals surface area contributed by atoms with E-state index in [-0.39, 0.29) is 0 Å². The first-order valence-electron chi connectivity index (χ1n) is 4.49. The lowest BCUT2D eigenvalue weighted by atomic mass is 10.0. The molecule has 0 aliphatic carbocycles. The first kappa shape index (κ1) is 13.3. The van der Waals surface area contributed by atoms with E-state index in [2.05, 4.69) is 10.0 Å². The third-order valence-corrected chi connectivity index (χ3v) is 2.07. The van der Waals surface area contributed by atoms with Gasteiger partial charge in [0, 0.05) is 4.91 Å². The summed E-state index contributed by atoms with van der Waals surface area (Å²) in [6, 6.07) is 1.18. The van der Waals surface area contributed by atoms with Crippen LogP contribution in [-0.2, 0) is 0 Å². The van der Waals surface area contributed by atoms with Crippen LogP contribution in [0, 0.1) is 17.5 Å². The van der Waals surface area contributed by atoms with Crippen molar-refractivity contribution < 1.29 is 23.4 Å². The van der Waals surface area contributed by atoms with Gasteiger partial charge in [-0.25, -0.2) is 13.2 Å². The minimum Gasteiger partial charge on any atom is -0.390 e. The predicted molar refractivity (Wildman–Crippen MR) is 51.3 cm³/mol. The second-order valence-corrected chi connectivity index (χ2v) is 3.18. The van der Waals surface area contributed by atoms with E-state index >= 15 is 0 Å². The van der Waals surface area contributed by atoms with Crippen LogP contribution in [0.3, 0.4) is 0 Å². The number of azide groups is 1. The third-order valence-electron chi connectivity index (χ3n) is 2.07. The Hall–Kier alpha value is -1.76. The van der Waals surface area contributed by atoms with E-state index in [0.717, 1.165) is 0 Å². The van der Waals surface area contributed by atoms with Gasteiger partial charge in [-0.05, 0) is 17.7 Å². The number of rotatable bonds is 4. The molecule has 1 aromatic carbocycles. The van der Waals surface area contributed by atoms with Crippen molar-refractivity contribution in [3.63, 3.8) is 0 Å². The highest BCUT2D eigenvalue weighted by Gasteiger charge is 2.26. The van der Waals surface area contributed by atoms with Gasteiger partial charge in [-0.2, -0.15) is 0 Å². The number of hydrogen-bond acceptors (Lipinski definition) is 3. The lowest BCUT2D eigenvalue weighted by Gasteiger charge is -2.17. The van der Waals surface area contributed by atoms with Crippen molar-refractivity contribution in [1.82, 2.24) is 0 Å². The highest BCUT2D eigenvalue weighted by atomic mass is 19.2. The van der Waals surface area contributed by atoms with Gasteiger partial charge in [0.15, 0.2) is 11.6 Å². The maximum absolute atomic E-state index is 13.2. The van der Waals surface area contributed by atoms with Crippen LogP contribution in [0.5, 0.6) is 0 Å². The van der Waals surface area contributed by atoms with Crippen molar-refractivity contribution in [2.24, 2.45) is 5.11 Å². The Bertz CT molecular complexity index is 463. The fourth-order valence-corrected chi connectivity index (χ4v) is 1.23. The van der Waals surface area contributed by atoms with E-state index in [0.29, 0.717) is 12.1 Å². The number of benzene rings is 1. The standard InChI is InChI=1S/C9H8F3N3O2/c10-4-1-2-5(11)8(12)7(4)9(17)6(16)3-14-15-13/h1-2,6,9,16-17H,3H2. The van der Waals surface area contributed by atoms with Crippen molar-refractivity contribution in [2.75, 3.05) is 6.54 Å². The first-order chi connectivity index (χ1) is 7.99. The monoisotopic (exact) mass is 247 g/mol. The molecule has 0 fully saturated rings. The quantitative estimate of drug-likeness (QED) is 0.367. The van der Waals surface area contributed by atoms with Crippen LogP contribution in [0.4, 0.5) is 13.2 Å². The summed E-state index contributed by atoms with van der Waals surface area (Å²) in [6.45, 7) is -0.590. The minimum atomic E-state index is -2.02. The third kappa shape index (κ3) is 2.88. The zero-order chi connectivity index (χ0) is 13.0. The molecular weight excluding hydrogens is 239 g/mol. The fourth-order valence-electron chi connectivity index (χ4n) is 1.23. The Kier molecular flexibility index (Phi) is 4.33. The second-order valence-electron chi connectivity index (χ2n) is 3.18. The summed E-state index contributed by atoms with van der Waals surface area (Å²) < 4.78 is 39.2. The molecule has 0 saturated heterocycles. The van der Waals surface area contributed by atoms with Gasteiger partial charge in [0.2, 0.25) is 0 Å². The van der Waals surface area contributed by atoms with E-state index in [1.54, 1.807) is 0 Å². The molecule has 0 spiro atoms. The van der Waals surface area contributed by atoms with Crippen LogP contribution in [0.2, 0.25) is 0 Å². The largest absolute Gasteiger partial charge is 0.390 e. The molecule has 0 aliphatic heterocycles. The van der Waals surface area contributed by atoms with E-state index in [1.165, 1.54) is 0 Å². The lowest BCUT2D eigenvalue weighted by molar-refractivity contribution is 0.0195. The average Bonchev–Trinajstić information content (AvgIpc) is 2.31.